The number of likely N-dealkylation sites (tertiary alicyclic amines) is 1. The zero-order valence-electron chi connectivity index (χ0n) is 9.73. The summed E-state index contributed by atoms with van der Waals surface area (Å²) in [6.07, 6.45) is 1.96. The van der Waals surface area contributed by atoms with Gasteiger partial charge in [0.25, 0.3) is 5.91 Å². The van der Waals surface area contributed by atoms with E-state index in [0.29, 0.717) is 22.2 Å². The Kier molecular flexibility index (Phi) is 5.73. The molecule has 1 aliphatic heterocycles. The Labute approximate surface area is 123 Å². The summed E-state index contributed by atoms with van der Waals surface area (Å²) in [7, 11) is 0. The van der Waals surface area contributed by atoms with E-state index in [1.165, 1.54) is 0 Å². The summed E-state index contributed by atoms with van der Waals surface area (Å²) < 4.78 is 0. The molecule has 100 valence electrons. The lowest BCUT2D eigenvalue weighted by Gasteiger charge is -2.23. The molecule has 1 saturated heterocycles. The first-order valence-corrected chi connectivity index (χ1v) is 6.35. The van der Waals surface area contributed by atoms with Gasteiger partial charge < -0.3 is 10.6 Å². The molecule has 1 fully saturated rings. The van der Waals surface area contributed by atoms with Crippen LogP contribution in [0, 0.1) is 0 Å². The van der Waals surface area contributed by atoms with Crippen molar-refractivity contribution in [3.8, 4) is 0 Å². The molecule has 0 aliphatic carbocycles. The van der Waals surface area contributed by atoms with Crippen molar-refractivity contribution < 1.29 is 4.79 Å². The zero-order valence-corrected chi connectivity index (χ0v) is 12.1. The minimum absolute atomic E-state index is 0. The highest BCUT2D eigenvalue weighted by Crippen LogP contribution is 2.25. The molecule has 1 heterocycles. The lowest BCUT2D eigenvalue weighted by molar-refractivity contribution is 0.0741. The fraction of sp³-hybridized carbons (Fsp3) is 0.417. The molecule has 1 unspecified atom stereocenters. The molecule has 2 N–H and O–H groups in total. The van der Waals surface area contributed by atoms with Crippen LogP contribution in [0.15, 0.2) is 18.2 Å². The van der Waals surface area contributed by atoms with Gasteiger partial charge in [-0.25, -0.2) is 0 Å². The lowest BCUT2D eigenvalue weighted by atomic mass is 10.1. The summed E-state index contributed by atoms with van der Waals surface area (Å²) in [6.45, 7) is 1.25. The number of hydrogen-bond acceptors (Lipinski definition) is 2. The fourth-order valence-electron chi connectivity index (χ4n) is 2.17. The van der Waals surface area contributed by atoms with Crippen molar-refractivity contribution in [2.24, 2.45) is 5.73 Å². The van der Waals surface area contributed by atoms with Gasteiger partial charge in [-0.05, 0) is 31.0 Å². The minimum Gasteiger partial charge on any atom is -0.334 e. The van der Waals surface area contributed by atoms with Gasteiger partial charge in [0.15, 0.2) is 0 Å². The number of halogens is 3. The molecule has 0 radical (unpaired) electrons. The summed E-state index contributed by atoms with van der Waals surface area (Å²) in [6, 6.07) is 5.06. The van der Waals surface area contributed by atoms with Crippen molar-refractivity contribution in [2.75, 3.05) is 13.1 Å². The number of rotatable bonds is 2. The van der Waals surface area contributed by atoms with Crippen LogP contribution in [0.2, 0.25) is 10.0 Å². The molecule has 1 amide bonds. The molecule has 6 heteroatoms. The van der Waals surface area contributed by atoms with Gasteiger partial charge in [-0.15, -0.1) is 12.4 Å². The maximum Gasteiger partial charge on any atom is 0.255 e. The van der Waals surface area contributed by atoms with Crippen LogP contribution in [0.5, 0.6) is 0 Å². The van der Waals surface area contributed by atoms with Crippen LogP contribution in [-0.2, 0) is 0 Å². The van der Waals surface area contributed by atoms with Crippen LogP contribution < -0.4 is 5.73 Å². The fourth-order valence-corrected chi connectivity index (χ4v) is 2.66. The van der Waals surface area contributed by atoms with Crippen LogP contribution in [0.1, 0.15) is 23.2 Å². The van der Waals surface area contributed by atoms with Crippen LogP contribution >= 0.6 is 35.6 Å². The predicted molar refractivity (Wildman–Crippen MR) is 76.8 cm³/mol. The number of nitrogens with zero attached hydrogens (tertiary/aromatic N) is 1. The first-order chi connectivity index (χ1) is 8.13. The average Bonchev–Trinajstić information content (AvgIpc) is 2.76. The van der Waals surface area contributed by atoms with E-state index in [0.717, 1.165) is 19.4 Å². The quantitative estimate of drug-likeness (QED) is 0.913. The number of nitrogens with two attached hydrogens (primary N) is 1. The van der Waals surface area contributed by atoms with Gasteiger partial charge in [0.2, 0.25) is 0 Å². The molecule has 1 atom stereocenters. The predicted octanol–water partition coefficient (Wildman–Crippen LogP) is 2.98. The highest BCUT2D eigenvalue weighted by atomic mass is 35.5. The van der Waals surface area contributed by atoms with Crippen molar-refractivity contribution in [3.63, 3.8) is 0 Å². The third kappa shape index (κ3) is 3.09. The normalized spacial score (nSPS) is 18.6. The second-order valence-corrected chi connectivity index (χ2v) is 5.00. The van der Waals surface area contributed by atoms with Crippen molar-refractivity contribution >= 4 is 41.5 Å². The molecule has 3 nitrogen and oxygen atoms in total. The van der Waals surface area contributed by atoms with Crippen molar-refractivity contribution in [3.05, 3.63) is 33.8 Å². The number of carbonyl (C=O) groups excluding carboxylic acids is 1. The number of hydrogen-bond donors (Lipinski definition) is 1. The van der Waals surface area contributed by atoms with E-state index in [1.807, 2.05) is 0 Å². The number of amides is 1. The van der Waals surface area contributed by atoms with Gasteiger partial charge in [-0.1, -0.05) is 23.2 Å². The first kappa shape index (κ1) is 15.6. The second-order valence-electron chi connectivity index (χ2n) is 4.15. The monoisotopic (exact) mass is 308 g/mol. The zero-order chi connectivity index (χ0) is 12.4. The highest BCUT2D eigenvalue weighted by Gasteiger charge is 2.29. The Bertz CT molecular complexity index is 439. The SMILES string of the molecule is Cl.NCC1CCCN1C(=O)c1ccc(Cl)cc1Cl. The topological polar surface area (TPSA) is 46.3 Å². The molecule has 1 aliphatic rings. The Morgan fingerprint density at radius 2 is 2.17 bits per heavy atom. The Hall–Kier alpha value is -0.480. The van der Waals surface area contributed by atoms with E-state index >= 15 is 0 Å². The molecule has 0 spiro atoms. The third-order valence-electron chi connectivity index (χ3n) is 3.07. The minimum atomic E-state index is -0.0559. The molecule has 0 saturated carbocycles. The van der Waals surface area contributed by atoms with E-state index in [4.69, 9.17) is 28.9 Å². The van der Waals surface area contributed by atoms with E-state index in [-0.39, 0.29) is 24.4 Å². The average molecular weight is 310 g/mol. The molecule has 0 bridgehead atoms. The van der Waals surface area contributed by atoms with Crippen LogP contribution in [-0.4, -0.2) is 29.9 Å². The van der Waals surface area contributed by atoms with Crippen molar-refractivity contribution in [2.45, 2.75) is 18.9 Å². The number of carbonyl (C=O) groups is 1. The lowest BCUT2D eigenvalue weighted by Crippen LogP contribution is -2.40. The summed E-state index contributed by atoms with van der Waals surface area (Å²) in [5.74, 6) is -0.0559. The molecule has 0 aromatic heterocycles. The Balaban J connectivity index is 0.00000162. The van der Waals surface area contributed by atoms with Gasteiger partial charge in [-0.3, -0.25) is 4.79 Å². The highest BCUT2D eigenvalue weighted by molar-refractivity contribution is 6.36. The largest absolute Gasteiger partial charge is 0.334 e. The van der Waals surface area contributed by atoms with Crippen molar-refractivity contribution in [1.82, 2.24) is 4.90 Å². The van der Waals surface area contributed by atoms with Crippen LogP contribution in [0.25, 0.3) is 0 Å². The molecular weight excluding hydrogens is 295 g/mol. The molecule has 1 aromatic carbocycles. The summed E-state index contributed by atoms with van der Waals surface area (Å²) in [5.41, 5.74) is 6.15. The van der Waals surface area contributed by atoms with Gasteiger partial charge in [-0.2, -0.15) is 0 Å². The third-order valence-corrected chi connectivity index (χ3v) is 3.62. The molecule has 1 aromatic rings. The van der Waals surface area contributed by atoms with Gasteiger partial charge in [0.05, 0.1) is 10.6 Å². The standard InChI is InChI=1S/C12H14Cl2N2O.ClH/c13-8-3-4-10(11(14)6-8)12(17)16-5-1-2-9(16)7-15;/h3-4,6,9H,1-2,5,7,15H2;1H. The summed E-state index contributed by atoms with van der Waals surface area (Å²) in [5, 5.41) is 0.925. The maximum absolute atomic E-state index is 12.3. The van der Waals surface area contributed by atoms with Crippen LogP contribution in [0.3, 0.4) is 0 Å². The van der Waals surface area contributed by atoms with Gasteiger partial charge in [0.1, 0.15) is 0 Å². The Morgan fingerprint density at radius 1 is 1.44 bits per heavy atom. The Morgan fingerprint density at radius 3 is 2.78 bits per heavy atom. The number of benzene rings is 1. The molecule has 2 rings (SSSR count). The van der Waals surface area contributed by atoms with E-state index < -0.39 is 0 Å². The van der Waals surface area contributed by atoms with Crippen LogP contribution in [0.4, 0.5) is 0 Å². The first-order valence-electron chi connectivity index (χ1n) is 5.59. The van der Waals surface area contributed by atoms with E-state index in [2.05, 4.69) is 0 Å². The van der Waals surface area contributed by atoms with Gasteiger partial charge in [0, 0.05) is 24.2 Å². The molecule has 18 heavy (non-hydrogen) atoms. The van der Waals surface area contributed by atoms with Crippen molar-refractivity contribution in [1.29, 1.82) is 0 Å². The smallest absolute Gasteiger partial charge is 0.255 e. The van der Waals surface area contributed by atoms with Gasteiger partial charge >= 0.3 is 0 Å². The second kappa shape index (κ2) is 6.62. The van der Waals surface area contributed by atoms with E-state index in [1.54, 1.807) is 23.1 Å². The summed E-state index contributed by atoms with van der Waals surface area (Å²) >= 11 is 11.8. The van der Waals surface area contributed by atoms with E-state index in [9.17, 15) is 4.79 Å². The maximum atomic E-state index is 12.3. The summed E-state index contributed by atoms with van der Waals surface area (Å²) in [4.78, 5) is 14.1. The molecular formula is C12H15Cl3N2O.